The average molecular weight is 321 g/mol. The first-order valence-electron chi connectivity index (χ1n) is 7.38. The Morgan fingerprint density at radius 2 is 2.09 bits per heavy atom. The van der Waals surface area contributed by atoms with Gasteiger partial charge in [-0.3, -0.25) is 0 Å². The minimum atomic E-state index is -1.80. The molecule has 3 rings (SSSR count). The predicted octanol–water partition coefficient (Wildman–Crippen LogP) is 0.478. The molecule has 7 heteroatoms. The zero-order chi connectivity index (χ0) is 16.4. The third-order valence-electron chi connectivity index (χ3n) is 4.26. The average Bonchev–Trinajstić information content (AvgIpc) is 2.59. The topological polar surface area (TPSA) is 101 Å². The van der Waals surface area contributed by atoms with Crippen molar-refractivity contribution in [2.45, 2.75) is 42.9 Å². The van der Waals surface area contributed by atoms with Gasteiger partial charge in [-0.2, -0.15) is 5.26 Å². The molecule has 1 aromatic carbocycles. The number of nitrogens with zero attached hydrogens (tertiary/aromatic N) is 1. The van der Waals surface area contributed by atoms with E-state index in [-0.39, 0.29) is 13.0 Å². The third kappa shape index (κ3) is 2.85. The summed E-state index contributed by atoms with van der Waals surface area (Å²) in [6.45, 7) is 0.157. The number of ether oxygens (including phenoxy) is 4. The molecule has 2 N–H and O–H groups in total. The van der Waals surface area contributed by atoms with Gasteiger partial charge in [0.05, 0.1) is 19.1 Å². The largest absolute Gasteiger partial charge is 0.385 e. The maximum absolute atomic E-state index is 10.9. The van der Waals surface area contributed by atoms with Crippen molar-refractivity contribution in [1.82, 2.24) is 0 Å². The summed E-state index contributed by atoms with van der Waals surface area (Å²) in [5.41, 5.74) is -1.01. The third-order valence-corrected chi connectivity index (χ3v) is 4.26. The molecule has 2 heterocycles. The Bertz CT molecular complexity index is 576. The molecule has 0 aliphatic carbocycles. The number of methoxy groups -OCH3 is 1. The SMILES string of the molecule is CO[C@H]1O[C@@H]2CO[C@@H](c3ccccc3)O[C@H]2[C@@](O)(CC#N)[C@H]1O. The fourth-order valence-electron chi connectivity index (χ4n) is 3.03. The van der Waals surface area contributed by atoms with Gasteiger partial charge in [0.15, 0.2) is 12.6 Å². The first kappa shape index (κ1) is 16.3. The van der Waals surface area contributed by atoms with Gasteiger partial charge in [-0.1, -0.05) is 30.3 Å². The first-order chi connectivity index (χ1) is 11.1. The molecule has 0 bridgehead atoms. The summed E-state index contributed by atoms with van der Waals surface area (Å²) in [7, 11) is 1.36. The number of benzene rings is 1. The Balaban J connectivity index is 1.87. The van der Waals surface area contributed by atoms with E-state index in [9.17, 15) is 10.2 Å². The van der Waals surface area contributed by atoms with Crippen LogP contribution in [0.2, 0.25) is 0 Å². The van der Waals surface area contributed by atoms with Crippen LogP contribution in [0.3, 0.4) is 0 Å². The molecule has 2 fully saturated rings. The van der Waals surface area contributed by atoms with Crippen LogP contribution in [-0.2, 0) is 18.9 Å². The normalized spacial score (nSPS) is 40.2. The van der Waals surface area contributed by atoms with Crippen molar-refractivity contribution in [1.29, 1.82) is 5.26 Å². The molecule has 124 valence electrons. The second-order valence-corrected chi connectivity index (χ2v) is 5.68. The van der Waals surface area contributed by atoms with Crippen LogP contribution >= 0.6 is 0 Å². The minimum absolute atomic E-state index is 0.157. The Hall–Kier alpha value is -1.53. The molecular formula is C16H19NO6. The minimum Gasteiger partial charge on any atom is -0.385 e. The molecule has 23 heavy (non-hydrogen) atoms. The molecule has 7 nitrogen and oxygen atoms in total. The zero-order valence-corrected chi connectivity index (χ0v) is 12.7. The lowest BCUT2D eigenvalue weighted by Crippen LogP contribution is -2.69. The van der Waals surface area contributed by atoms with Gasteiger partial charge in [-0.25, -0.2) is 0 Å². The molecule has 0 radical (unpaired) electrons. The van der Waals surface area contributed by atoms with Crippen molar-refractivity contribution in [3.8, 4) is 6.07 Å². The molecule has 2 aliphatic heterocycles. The molecule has 0 spiro atoms. The molecule has 0 amide bonds. The highest BCUT2D eigenvalue weighted by atomic mass is 16.8. The van der Waals surface area contributed by atoms with E-state index in [1.54, 1.807) is 0 Å². The summed E-state index contributed by atoms with van der Waals surface area (Å²) >= 11 is 0. The van der Waals surface area contributed by atoms with Gasteiger partial charge >= 0.3 is 0 Å². The number of nitriles is 1. The van der Waals surface area contributed by atoms with Crippen LogP contribution < -0.4 is 0 Å². The van der Waals surface area contributed by atoms with Crippen molar-refractivity contribution >= 4 is 0 Å². The molecular weight excluding hydrogens is 302 g/mol. The molecule has 0 saturated carbocycles. The van der Waals surface area contributed by atoms with Crippen LogP contribution in [0.4, 0.5) is 0 Å². The summed E-state index contributed by atoms with van der Waals surface area (Å²) in [4.78, 5) is 0. The van der Waals surface area contributed by atoms with Crippen molar-refractivity contribution in [3.63, 3.8) is 0 Å². The second kappa shape index (κ2) is 6.53. The second-order valence-electron chi connectivity index (χ2n) is 5.68. The fourth-order valence-corrected chi connectivity index (χ4v) is 3.03. The highest BCUT2D eigenvalue weighted by Gasteiger charge is 2.58. The summed E-state index contributed by atoms with van der Waals surface area (Å²) in [5, 5.41) is 30.3. The van der Waals surface area contributed by atoms with Gasteiger partial charge in [-0.15, -0.1) is 0 Å². The number of rotatable bonds is 3. The number of hydrogen-bond acceptors (Lipinski definition) is 7. The summed E-state index contributed by atoms with van der Waals surface area (Å²) in [6, 6.07) is 11.2. The van der Waals surface area contributed by atoms with Crippen molar-refractivity contribution < 1.29 is 29.2 Å². The van der Waals surface area contributed by atoms with E-state index in [2.05, 4.69) is 0 Å². The Morgan fingerprint density at radius 3 is 2.74 bits per heavy atom. The van der Waals surface area contributed by atoms with Crippen LogP contribution in [0.25, 0.3) is 0 Å². The van der Waals surface area contributed by atoms with Crippen molar-refractivity contribution in [3.05, 3.63) is 35.9 Å². The van der Waals surface area contributed by atoms with E-state index >= 15 is 0 Å². The maximum Gasteiger partial charge on any atom is 0.186 e. The highest BCUT2D eigenvalue weighted by Crippen LogP contribution is 2.40. The fraction of sp³-hybridized carbons (Fsp3) is 0.562. The molecule has 0 unspecified atom stereocenters. The van der Waals surface area contributed by atoms with E-state index in [1.807, 2.05) is 36.4 Å². The lowest BCUT2D eigenvalue weighted by molar-refractivity contribution is -0.383. The van der Waals surface area contributed by atoms with Crippen LogP contribution in [0, 0.1) is 11.3 Å². The van der Waals surface area contributed by atoms with E-state index in [0.29, 0.717) is 0 Å². The maximum atomic E-state index is 10.9. The van der Waals surface area contributed by atoms with Crippen LogP contribution in [-0.4, -0.2) is 54.1 Å². The van der Waals surface area contributed by atoms with E-state index < -0.39 is 36.5 Å². The van der Waals surface area contributed by atoms with E-state index in [0.717, 1.165) is 5.56 Å². The lowest BCUT2D eigenvalue weighted by Gasteiger charge is -2.51. The zero-order valence-electron chi connectivity index (χ0n) is 12.7. The van der Waals surface area contributed by atoms with Crippen LogP contribution in [0.5, 0.6) is 0 Å². The molecule has 6 atom stereocenters. The first-order valence-corrected chi connectivity index (χ1v) is 7.38. The van der Waals surface area contributed by atoms with Gasteiger partial charge in [0, 0.05) is 12.7 Å². The highest BCUT2D eigenvalue weighted by molar-refractivity contribution is 5.17. The smallest absolute Gasteiger partial charge is 0.186 e. The summed E-state index contributed by atoms with van der Waals surface area (Å²) in [6.07, 6.45) is -4.99. The number of hydrogen-bond donors (Lipinski definition) is 2. The standard InChI is InChI=1S/C16H19NO6/c1-20-15-12(18)16(19,7-8-17)13-11(22-15)9-21-14(23-13)10-5-3-2-4-6-10/h2-6,11-15,18-19H,7,9H2,1H3/t11-,12+,13-,14-,15+,16-/m1/s1. The molecule has 2 saturated heterocycles. The van der Waals surface area contributed by atoms with Crippen LogP contribution in [0.1, 0.15) is 18.3 Å². The summed E-state index contributed by atoms with van der Waals surface area (Å²) < 4.78 is 22.1. The number of fused-ring (bicyclic) bond motifs is 1. The van der Waals surface area contributed by atoms with Gasteiger partial charge in [0.2, 0.25) is 0 Å². The van der Waals surface area contributed by atoms with Gasteiger partial charge < -0.3 is 29.2 Å². The molecule has 1 aromatic rings. The van der Waals surface area contributed by atoms with Gasteiger partial charge in [0.1, 0.15) is 23.9 Å². The Kier molecular flexibility index (Phi) is 4.64. The Labute approximate surface area is 134 Å². The van der Waals surface area contributed by atoms with E-state index in [1.165, 1.54) is 7.11 Å². The summed E-state index contributed by atoms with van der Waals surface area (Å²) in [5.74, 6) is 0. The van der Waals surface area contributed by atoms with Gasteiger partial charge in [-0.05, 0) is 0 Å². The molecule has 0 aromatic heterocycles. The van der Waals surface area contributed by atoms with Crippen molar-refractivity contribution in [2.75, 3.05) is 13.7 Å². The lowest BCUT2D eigenvalue weighted by atomic mass is 9.81. The van der Waals surface area contributed by atoms with E-state index in [4.69, 9.17) is 24.2 Å². The predicted molar refractivity (Wildman–Crippen MR) is 76.9 cm³/mol. The number of aliphatic hydroxyl groups is 2. The monoisotopic (exact) mass is 321 g/mol. The van der Waals surface area contributed by atoms with Crippen molar-refractivity contribution in [2.24, 2.45) is 0 Å². The van der Waals surface area contributed by atoms with Gasteiger partial charge in [0.25, 0.3) is 0 Å². The Morgan fingerprint density at radius 1 is 1.35 bits per heavy atom. The number of aliphatic hydroxyl groups excluding tert-OH is 1. The van der Waals surface area contributed by atoms with Crippen LogP contribution in [0.15, 0.2) is 30.3 Å². The molecule has 2 aliphatic rings. The quantitative estimate of drug-likeness (QED) is 0.835.